The highest BCUT2D eigenvalue weighted by Gasteiger charge is 2.62. The predicted octanol–water partition coefficient (Wildman–Crippen LogP) is 5.31. The summed E-state index contributed by atoms with van der Waals surface area (Å²) in [4.78, 5) is 40.2. The number of Topliss-reactive ketones (excluding diaryl/α,β-unsaturated/α-hetero) is 1. The Hall–Kier alpha value is -4.05. The van der Waals surface area contributed by atoms with Crippen molar-refractivity contribution in [2.75, 3.05) is 4.90 Å². The van der Waals surface area contributed by atoms with Crippen LogP contribution in [0.1, 0.15) is 28.4 Å². The molecule has 3 aromatic carbocycles. The average Bonchev–Trinajstić information content (AvgIpc) is 3.50. The van der Waals surface area contributed by atoms with Gasteiger partial charge in [-0.15, -0.1) is 0 Å². The number of carbonyl (C=O) groups excluding carboxylic acids is 3. The first-order valence-corrected chi connectivity index (χ1v) is 11.6. The van der Waals surface area contributed by atoms with E-state index in [0.29, 0.717) is 11.3 Å². The Kier molecular flexibility index (Phi) is 4.70. The van der Waals surface area contributed by atoms with Crippen molar-refractivity contribution in [2.45, 2.75) is 6.92 Å². The van der Waals surface area contributed by atoms with Crippen LogP contribution in [0.25, 0.3) is 5.57 Å². The lowest BCUT2D eigenvalue weighted by Crippen LogP contribution is -2.33. The fraction of sp³-hybridized carbons (Fsp3) is 0.167. The fourth-order valence-corrected chi connectivity index (χ4v) is 5.91. The van der Waals surface area contributed by atoms with Gasteiger partial charge in [0.1, 0.15) is 0 Å². The molecule has 0 aromatic heterocycles. The summed E-state index contributed by atoms with van der Waals surface area (Å²) < 4.78 is 0. The molecule has 6 rings (SSSR count). The molecule has 4 atom stereocenters. The number of amides is 2. The van der Waals surface area contributed by atoms with E-state index in [1.807, 2.05) is 36.4 Å². The maximum absolute atomic E-state index is 13.6. The van der Waals surface area contributed by atoms with Crippen molar-refractivity contribution < 1.29 is 14.4 Å². The van der Waals surface area contributed by atoms with Crippen molar-refractivity contribution in [1.82, 2.24) is 0 Å². The lowest BCUT2D eigenvalue weighted by molar-refractivity contribution is -0.122. The molecule has 1 saturated heterocycles. The first-order valence-electron chi connectivity index (χ1n) is 11.6. The van der Waals surface area contributed by atoms with Crippen LogP contribution in [0.15, 0.2) is 103 Å². The Bertz CT molecular complexity index is 1290. The van der Waals surface area contributed by atoms with Crippen LogP contribution in [0.5, 0.6) is 0 Å². The number of nitrogens with zero attached hydrogens (tertiary/aromatic N) is 1. The number of hydrogen-bond donors (Lipinski definition) is 0. The maximum Gasteiger partial charge on any atom is 0.238 e. The largest absolute Gasteiger partial charge is 0.295 e. The van der Waals surface area contributed by atoms with Crippen LogP contribution >= 0.6 is 0 Å². The van der Waals surface area contributed by atoms with Crippen LogP contribution in [0.4, 0.5) is 5.69 Å². The molecule has 0 N–H and O–H groups in total. The number of imide groups is 1. The number of fused-ring (bicyclic) bond motifs is 5. The lowest BCUT2D eigenvalue weighted by Gasteiger charge is -2.21. The monoisotopic (exact) mass is 445 g/mol. The van der Waals surface area contributed by atoms with Crippen LogP contribution in [0.3, 0.4) is 0 Å². The molecule has 4 nitrogen and oxygen atoms in total. The third-order valence-electron chi connectivity index (χ3n) is 7.36. The van der Waals surface area contributed by atoms with Crippen molar-refractivity contribution in [3.8, 4) is 0 Å². The SMILES string of the molecule is CC(=O)c1ccc(N2C(=O)[C@H]3[C@H](C2=O)[C@H]2C=C[C@H]3C2=C(c2ccccc2)c2ccccc2)cc1. The number of anilines is 1. The summed E-state index contributed by atoms with van der Waals surface area (Å²) in [7, 11) is 0. The van der Waals surface area contributed by atoms with Crippen LogP contribution in [-0.2, 0) is 9.59 Å². The minimum Gasteiger partial charge on any atom is -0.295 e. The minimum absolute atomic E-state index is 0.0473. The smallest absolute Gasteiger partial charge is 0.238 e. The quantitative estimate of drug-likeness (QED) is 0.311. The Morgan fingerprint density at radius 2 is 1.12 bits per heavy atom. The molecule has 1 heterocycles. The van der Waals surface area contributed by atoms with E-state index in [2.05, 4.69) is 36.4 Å². The second-order valence-corrected chi connectivity index (χ2v) is 9.17. The molecule has 0 unspecified atom stereocenters. The third-order valence-corrected chi connectivity index (χ3v) is 7.36. The van der Waals surface area contributed by atoms with E-state index in [-0.39, 0.29) is 29.4 Å². The van der Waals surface area contributed by atoms with Gasteiger partial charge in [0.2, 0.25) is 11.8 Å². The zero-order valence-electron chi connectivity index (χ0n) is 18.7. The van der Waals surface area contributed by atoms with E-state index < -0.39 is 11.8 Å². The molecular formula is C30H23NO3. The molecular weight excluding hydrogens is 422 g/mol. The first kappa shape index (κ1) is 20.5. The molecule has 2 fully saturated rings. The van der Waals surface area contributed by atoms with E-state index in [9.17, 15) is 14.4 Å². The second-order valence-electron chi connectivity index (χ2n) is 9.17. The standard InChI is InChI=1S/C30H23NO3/c1-18(32)19-12-14-22(15-13-19)31-29(33)27-23-16-17-24(28(27)30(31)34)26(23)25(20-8-4-2-5-9-20)21-10-6-3-7-11-21/h2-17,23-24,27-28H,1H3/t23-,24-,27+,28+/m0/s1. The van der Waals surface area contributed by atoms with Gasteiger partial charge >= 0.3 is 0 Å². The van der Waals surface area contributed by atoms with Crippen LogP contribution in [-0.4, -0.2) is 17.6 Å². The van der Waals surface area contributed by atoms with Gasteiger partial charge in [-0.05, 0) is 53.5 Å². The van der Waals surface area contributed by atoms with E-state index in [0.717, 1.165) is 16.7 Å². The van der Waals surface area contributed by atoms with Gasteiger partial charge in [0.25, 0.3) is 0 Å². The van der Waals surface area contributed by atoms with Crippen molar-refractivity contribution >= 4 is 28.9 Å². The highest BCUT2D eigenvalue weighted by Crippen LogP contribution is 2.58. The zero-order valence-corrected chi connectivity index (χ0v) is 18.7. The summed E-state index contributed by atoms with van der Waals surface area (Å²) in [6.07, 6.45) is 4.22. The van der Waals surface area contributed by atoms with Gasteiger partial charge in [-0.1, -0.05) is 72.8 Å². The van der Waals surface area contributed by atoms with Crippen LogP contribution in [0, 0.1) is 23.7 Å². The summed E-state index contributed by atoms with van der Waals surface area (Å²) in [6.45, 7) is 1.50. The highest BCUT2D eigenvalue weighted by molar-refractivity contribution is 6.23. The average molecular weight is 446 g/mol. The summed E-state index contributed by atoms with van der Waals surface area (Å²) in [5, 5.41) is 0. The number of carbonyl (C=O) groups is 3. The maximum atomic E-state index is 13.6. The third kappa shape index (κ3) is 2.95. The van der Waals surface area contributed by atoms with Gasteiger partial charge in [-0.25, -0.2) is 4.90 Å². The summed E-state index contributed by atoms with van der Waals surface area (Å²) in [5.74, 6) is -1.36. The molecule has 0 radical (unpaired) electrons. The van der Waals surface area contributed by atoms with Gasteiger partial charge < -0.3 is 0 Å². The topological polar surface area (TPSA) is 54.5 Å². The summed E-state index contributed by atoms with van der Waals surface area (Å²) in [5.41, 5.74) is 5.57. The van der Waals surface area contributed by atoms with Gasteiger partial charge in [-0.3, -0.25) is 14.4 Å². The molecule has 2 bridgehead atoms. The van der Waals surface area contributed by atoms with Crippen molar-refractivity contribution in [3.63, 3.8) is 0 Å². The predicted molar refractivity (Wildman–Crippen MR) is 131 cm³/mol. The molecule has 34 heavy (non-hydrogen) atoms. The summed E-state index contributed by atoms with van der Waals surface area (Å²) >= 11 is 0. The molecule has 4 heteroatoms. The van der Waals surface area contributed by atoms with E-state index >= 15 is 0 Å². The normalized spacial score (nSPS) is 24.6. The number of allylic oxidation sites excluding steroid dienone is 3. The first-order chi connectivity index (χ1) is 16.6. The van der Waals surface area contributed by atoms with Crippen LogP contribution < -0.4 is 4.90 Å². The van der Waals surface area contributed by atoms with Crippen molar-refractivity contribution in [3.05, 3.63) is 119 Å². The summed E-state index contributed by atoms with van der Waals surface area (Å²) in [6, 6.07) is 27.2. The molecule has 2 amide bonds. The number of hydrogen-bond acceptors (Lipinski definition) is 3. The highest BCUT2D eigenvalue weighted by atomic mass is 16.2. The molecule has 0 spiro atoms. The second kappa shape index (κ2) is 7.77. The molecule has 3 aliphatic rings. The zero-order chi connectivity index (χ0) is 23.4. The molecule has 3 aromatic rings. The van der Waals surface area contributed by atoms with Gasteiger partial charge in [0.15, 0.2) is 5.78 Å². The van der Waals surface area contributed by atoms with Gasteiger partial charge in [-0.2, -0.15) is 0 Å². The minimum atomic E-state index is -0.396. The number of benzene rings is 3. The fourth-order valence-electron chi connectivity index (χ4n) is 5.91. The number of rotatable bonds is 4. The number of ketones is 1. The Morgan fingerprint density at radius 1 is 0.647 bits per heavy atom. The Morgan fingerprint density at radius 3 is 1.56 bits per heavy atom. The van der Waals surface area contributed by atoms with E-state index in [1.54, 1.807) is 24.3 Å². The van der Waals surface area contributed by atoms with Gasteiger partial charge in [0.05, 0.1) is 17.5 Å². The van der Waals surface area contributed by atoms with Crippen molar-refractivity contribution in [1.29, 1.82) is 0 Å². The van der Waals surface area contributed by atoms with E-state index in [1.165, 1.54) is 17.4 Å². The molecule has 1 aliphatic heterocycles. The molecule has 166 valence electrons. The molecule has 1 saturated carbocycles. The van der Waals surface area contributed by atoms with E-state index in [4.69, 9.17) is 0 Å². The lowest BCUT2D eigenvalue weighted by atomic mass is 9.85. The van der Waals surface area contributed by atoms with Crippen LogP contribution in [0.2, 0.25) is 0 Å². The van der Waals surface area contributed by atoms with Gasteiger partial charge in [0, 0.05) is 17.4 Å². The Balaban J connectivity index is 1.44. The van der Waals surface area contributed by atoms with Crippen molar-refractivity contribution in [2.24, 2.45) is 23.7 Å². The molecule has 2 aliphatic carbocycles. The Labute approximate surface area is 198 Å².